The van der Waals surface area contributed by atoms with Gasteiger partial charge in [-0.3, -0.25) is 4.98 Å². The fourth-order valence-corrected chi connectivity index (χ4v) is 2.03. The Hall–Kier alpha value is -2.69. The summed E-state index contributed by atoms with van der Waals surface area (Å²) in [5.41, 5.74) is 7.69. The molecule has 3 nitrogen and oxygen atoms in total. The first-order chi connectivity index (χ1) is 9.65. The number of nitrogens with zero attached hydrogens (tertiary/aromatic N) is 1. The average Bonchev–Trinajstić information content (AvgIpc) is 2.46. The van der Waals surface area contributed by atoms with E-state index in [1.807, 2.05) is 6.07 Å². The van der Waals surface area contributed by atoms with E-state index in [0.29, 0.717) is 16.9 Å². The van der Waals surface area contributed by atoms with Crippen LogP contribution in [0.1, 0.15) is 0 Å². The second-order valence-corrected chi connectivity index (χ2v) is 4.35. The van der Waals surface area contributed by atoms with E-state index in [4.69, 9.17) is 5.73 Å². The number of pyridine rings is 1. The summed E-state index contributed by atoms with van der Waals surface area (Å²) in [4.78, 5) is 4.23. The number of hydrogen-bond acceptors (Lipinski definition) is 3. The lowest BCUT2D eigenvalue weighted by Gasteiger charge is -2.11. The molecule has 100 valence electrons. The fraction of sp³-hybridized carbons (Fsp3) is 0. The van der Waals surface area contributed by atoms with Crippen molar-refractivity contribution in [3.63, 3.8) is 0 Å². The summed E-state index contributed by atoms with van der Waals surface area (Å²) >= 11 is 0. The second-order valence-electron chi connectivity index (χ2n) is 4.35. The maximum atomic E-state index is 13.7. The van der Waals surface area contributed by atoms with Crippen molar-refractivity contribution in [2.45, 2.75) is 0 Å². The van der Waals surface area contributed by atoms with Gasteiger partial charge in [-0.15, -0.1) is 0 Å². The van der Waals surface area contributed by atoms with Crippen LogP contribution < -0.4 is 11.1 Å². The minimum absolute atomic E-state index is 0.0572. The third-order valence-electron chi connectivity index (χ3n) is 3.00. The Morgan fingerprint density at radius 2 is 1.85 bits per heavy atom. The summed E-state index contributed by atoms with van der Waals surface area (Å²) < 4.78 is 26.8. The quantitative estimate of drug-likeness (QED) is 0.696. The Morgan fingerprint density at radius 3 is 2.70 bits per heavy atom. The molecule has 1 heterocycles. The molecule has 2 aromatic carbocycles. The van der Waals surface area contributed by atoms with Gasteiger partial charge in [-0.25, -0.2) is 8.78 Å². The van der Waals surface area contributed by atoms with E-state index in [1.54, 1.807) is 24.4 Å². The van der Waals surface area contributed by atoms with Gasteiger partial charge in [0.25, 0.3) is 0 Å². The second kappa shape index (κ2) is 4.77. The van der Waals surface area contributed by atoms with Crippen LogP contribution in [0.25, 0.3) is 10.9 Å². The first kappa shape index (κ1) is 12.3. The maximum Gasteiger partial charge on any atom is 0.146 e. The predicted octanol–water partition coefficient (Wildman–Crippen LogP) is 3.84. The Bertz CT molecular complexity index is 787. The molecule has 0 aliphatic rings. The largest absolute Gasteiger partial charge is 0.398 e. The average molecular weight is 271 g/mol. The van der Waals surface area contributed by atoms with E-state index in [9.17, 15) is 8.78 Å². The molecular formula is C15H11F2N3. The predicted molar refractivity (Wildman–Crippen MR) is 75.8 cm³/mol. The van der Waals surface area contributed by atoms with Crippen molar-refractivity contribution in [3.05, 3.63) is 60.3 Å². The highest BCUT2D eigenvalue weighted by atomic mass is 19.1. The van der Waals surface area contributed by atoms with Crippen LogP contribution in [0.2, 0.25) is 0 Å². The number of nitrogens with two attached hydrogens (primary N) is 1. The Balaban J connectivity index is 2.11. The van der Waals surface area contributed by atoms with Crippen LogP contribution in [0.4, 0.5) is 25.8 Å². The van der Waals surface area contributed by atoms with Crippen LogP contribution in [0.3, 0.4) is 0 Å². The van der Waals surface area contributed by atoms with Gasteiger partial charge >= 0.3 is 0 Å². The minimum atomic E-state index is -0.535. The van der Waals surface area contributed by atoms with Crippen LogP contribution in [0.15, 0.2) is 48.7 Å². The number of nitrogen functional groups attached to an aromatic ring is 1. The Kier molecular flexibility index (Phi) is 2.95. The van der Waals surface area contributed by atoms with E-state index in [2.05, 4.69) is 10.3 Å². The Labute approximate surface area is 114 Å². The molecule has 3 aromatic rings. The molecule has 3 rings (SSSR count). The van der Waals surface area contributed by atoms with E-state index in [0.717, 1.165) is 23.6 Å². The van der Waals surface area contributed by atoms with Gasteiger partial charge in [0.2, 0.25) is 0 Å². The molecule has 5 heteroatoms. The minimum Gasteiger partial charge on any atom is -0.398 e. The first-order valence-electron chi connectivity index (χ1n) is 6.00. The Morgan fingerprint density at radius 1 is 1.00 bits per heavy atom. The standard InChI is InChI=1S/C15H11F2N3/c16-9-3-4-11(17)14(8-9)20-13-6-5-12(18)10-2-1-7-19-15(10)13/h1-8,20H,18H2. The van der Waals surface area contributed by atoms with Gasteiger partial charge in [0.05, 0.1) is 16.9 Å². The normalized spacial score (nSPS) is 10.7. The third kappa shape index (κ3) is 2.14. The summed E-state index contributed by atoms with van der Waals surface area (Å²) in [6, 6.07) is 10.2. The summed E-state index contributed by atoms with van der Waals surface area (Å²) in [5.74, 6) is -1.05. The first-order valence-corrected chi connectivity index (χ1v) is 6.00. The van der Waals surface area contributed by atoms with Gasteiger partial charge in [0.15, 0.2) is 0 Å². The number of hydrogen-bond donors (Lipinski definition) is 2. The number of rotatable bonds is 2. The molecule has 0 spiro atoms. The zero-order chi connectivity index (χ0) is 14.1. The highest BCUT2D eigenvalue weighted by Gasteiger charge is 2.08. The number of aromatic nitrogens is 1. The molecular weight excluding hydrogens is 260 g/mol. The molecule has 0 aliphatic carbocycles. The monoisotopic (exact) mass is 271 g/mol. The van der Waals surface area contributed by atoms with Gasteiger partial charge in [-0.05, 0) is 36.4 Å². The zero-order valence-electron chi connectivity index (χ0n) is 10.4. The number of benzene rings is 2. The zero-order valence-corrected chi connectivity index (χ0v) is 10.4. The summed E-state index contributed by atoms with van der Waals surface area (Å²) in [5, 5.41) is 3.61. The molecule has 0 atom stereocenters. The maximum absolute atomic E-state index is 13.7. The molecule has 0 radical (unpaired) electrons. The molecule has 0 aliphatic heterocycles. The lowest BCUT2D eigenvalue weighted by atomic mass is 10.1. The molecule has 20 heavy (non-hydrogen) atoms. The van der Waals surface area contributed by atoms with Crippen LogP contribution in [0, 0.1) is 11.6 Å². The van der Waals surface area contributed by atoms with Gasteiger partial charge < -0.3 is 11.1 Å². The number of anilines is 3. The van der Waals surface area contributed by atoms with E-state index in [-0.39, 0.29) is 5.69 Å². The van der Waals surface area contributed by atoms with E-state index in [1.165, 1.54) is 0 Å². The molecule has 0 unspecified atom stereocenters. The molecule has 0 saturated heterocycles. The van der Waals surface area contributed by atoms with Crippen molar-refractivity contribution >= 4 is 28.0 Å². The van der Waals surface area contributed by atoms with Crippen molar-refractivity contribution in [1.82, 2.24) is 4.98 Å². The molecule has 0 fully saturated rings. The lowest BCUT2D eigenvalue weighted by molar-refractivity contribution is 0.603. The number of halogens is 2. The van der Waals surface area contributed by atoms with Crippen molar-refractivity contribution in [2.75, 3.05) is 11.1 Å². The van der Waals surface area contributed by atoms with Crippen molar-refractivity contribution in [2.24, 2.45) is 0 Å². The number of fused-ring (bicyclic) bond motifs is 1. The summed E-state index contributed by atoms with van der Waals surface area (Å²) in [7, 11) is 0. The number of nitrogens with one attached hydrogen (secondary N) is 1. The van der Waals surface area contributed by atoms with E-state index < -0.39 is 11.6 Å². The highest BCUT2D eigenvalue weighted by Crippen LogP contribution is 2.29. The molecule has 0 amide bonds. The van der Waals surface area contributed by atoms with Gasteiger partial charge in [0.1, 0.15) is 11.6 Å². The summed E-state index contributed by atoms with van der Waals surface area (Å²) in [6.45, 7) is 0. The molecule has 0 bridgehead atoms. The van der Waals surface area contributed by atoms with Gasteiger partial charge in [0, 0.05) is 23.3 Å². The topological polar surface area (TPSA) is 50.9 Å². The summed E-state index contributed by atoms with van der Waals surface area (Å²) in [6.07, 6.45) is 1.62. The van der Waals surface area contributed by atoms with Crippen LogP contribution in [-0.4, -0.2) is 4.98 Å². The van der Waals surface area contributed by atoms with Crippen molar-refractivity contribution in [3.8, 4) is 0 Å². The smallest absolute Gasteiger partial charge is 0.146 e. The highest BCUT2D eigenvalue weighted by molar-refractivity contribution is 5.99. The molecule has 1 aromatic heterocycles. The van der Waals surface area contributed by atoms with E-state index >= 15 is 0 Å². The fourth-order valence-electron chi connectivity index (χ4n) is 2.03. The SMILES string of the molecule is Nc1ccc(Nc2cc(F)ccc2F)c2ncccc12. The third-order valence-corrected chi connectivity index (χ3v) is 3.00. The van der Waals surface area contributed by atoms with Crippen LogP contribution >= 0.6 is 0 Å². The van der Waals surface area contributed by atoms with Gasteiger partial charge in [-0.2, -0.15) is 0 Å². The lowest BCUT2D eigenvalue weighted by Crippen LogP contribution is -1.98. The van der Waals surface area contributed by atoms with Crippen molar-refractivity contribution < 1.29 is 8.78 Å². The van der Waals surface area contributed by atoms with Gasteiger partial charge in [-0.1, -0.05) is 0 Å². The van der Waals surface area contributed by atoms with Crippen LogP contribution in [0.5, 0.6) is 0 Å². The molecule has 3 N–H and O–H groups in total. The van der Waals surface area contributed by atoms with Crippen LogP contribution in [-0.2, 0) is 0 Å². The molecule has 0 saturated carbocycles. The van der Waals surface area contributed by atoms with Crippen molar-refractivity contribution in [1.29, 1.82) is 0 Å².